The number of ether oxygens (including phenoxy) is 1. The first kappa shape index (κ1) is 13.8. The van der Waals surface area contributed by atoms with Crippen molar-refractivity contribution in [2.24, 2.45) is 0 Å². The summed E-state index contributed by atoms with van der Waals surface area (Å²) in [5, 5.41) is 6.39. The van der Waals surface area contributed by atoms with Gasteiger partial charge in [-0.15, -0.1) is 11.3 Å². The molecule has 0 unspecified atom stereocenters. The van der Waals surface area contributed by atoms with Crippen LogP contribution in [0.15, 0.2) is 35.7 Å². The number of benzene rings is 1. The third-order valence-corrected chi connectivity index (χ3v) is 3.88. The van der Waals surface area contributed by atoms with Gasteiger partial charge in [0.25, 0.3) is 0 Å². The highest BCUT2D eigenvalue weighted by Crippen LogP contribution is 2.25. The van der Waals surface area contributed by atoms with E-state index >= 15 is 0 Å². The lowest BCUT2D eigenvalue weighted by atomic mass is 10.2. The van der Waals surface area contributed by atoms with Crippen molar-refractivity contribution in [1.82, 2.24) is 9.97 Å². The molecule has 5 heteroatoms. The number of hydrogen-bond acceptors (Lipinski definition) is 5. The zero-order chi connectivity index (χ0) is 14.7. The van der Waals surface area contributed by atoms with Crippen LogP contribution >= 0.6 is 11.3 Å². The summed E-state index contributed by atoms with van der Waals surface area (Å²) >= 11 is 1.62. The van der Waals surface area contributed by atoms with Gasteiger partial charge in [0.2, 0.25) is 0 Å². The average Bonchev–Trinajstić information content (AvgIpc) is 2.94. The predicted octanol–water partition coefficient (Wildman–Crippen LogP) is 4.01. The van der Waals surface area contributed by atoms with Crippen molar-refractivity contribution in [3.63, 3.8) is 0 Å². The molecular weight excluding hydrogens is 282 g/mol. The number of nitrogens with zero attached hydrogens (tertiary/aromatic N) is 2. The second-order valence-corrected chi connectivity index (χ2v) is 5.66. The molecule has 3 rings (SSSR count). The van der Waals surface area contributed by atoms with Gasteiger partial charge in [-0.2, -0.15) is 0 Å². The van der Waals surface area contributed by atoms with Gasteiger partial charge >= 0.3 is 0 Å². The molecule has 0 aliphatic carbocycles. The average molecular weight is 299 g/mol. The Kier molecular flexibility index (Phi) is 4.01. The van der Waals surface area contributed by atoms with E-state index in [-0.39, 0.29) is 0 Å². The van der Waals surface area contributed by atoms with Crippen molar-refractivity contribution in [1.29, 1.82) is 0 Å². The molecule has 0 aliphatic rings. The highest BCUT2D eigenvalue weighted by Gasteiger charge is 2.08. The monoisotopic (exact) mass is 299 g/mol. The van der Waals surface area contributed by atoms with Crippen molar-refractivity contribution in [2.75, 3.05) is 11.9 Å². The van der Waals surface area contributed by atoms with Gasteiger partial charge < -0.3 is 10.1 Å². The third-order valence-electron chi connectivity index (χ3n) is 3.07. The normalized spacial score (nSPS) is 10.8. The van der Waals surface area contributed by atoms with Gasteiger partial charge in [-0.1, -0.05) is 12.1 Å². The van der Waals surface area contributed by atoms with Gasteiger partial charge in [-0.25, -0.2) is 9.97 Å². The van der Waals surface area contributed by atoms with Crippen LogP contribution in [0.3, 0.4) is 0 Å². The van der Waals surface area contributed by atoms with Crippen LogP contribution in [0, 0.1) is 6.92 Å². The van der Waals surface area contributed by atoms with Gasteiger partial charge in [0.15, 0.2) is 5.82 Å². The number of nitrogens with one attached hydrogen (secondary N) is 1. The van der Waals surface area contributed by atoms with Crippen LogP contribution < -0.4 is 10.1 Å². The highest BCUT2D eigenvalue weighted by atomic mass is 32.1. The first-order valence-electron chi connectivity index (χ1n) is 6.93. The summed E-state index contributed by atoms with van der Waals surface area (Å²) in [4.78, 5) is 10.1. The maximum Gasteiger partial charge on any atom is 0.169 e. The van der Waals surface area contributed by atoms with E-state index in [1.807, 2.05) is 42.6 Å². The Bertz CT molecular complexity index is 754. The van der Waals surface area contributed by atoms with E-state index in [2.05, 4.69) is 22.2 Å². The van der Waals surface area contributed by atoms with Crippen molar-refractivity contribution in [3.05, 3.63) is 47.1 Å². The van der Waals surface area contributed by atoms with E-state index in [4.69, 9.17) is 4.74 Å². The zero-order valence-electron chi connectivity index (χ0n) is 12.1. The SMILES string of the molecule is CCNc1nc(COc2cccc(C)c2)nc2sccc12. The second-order valence-electron chi connectivity index (χ2n) is 4.76. The van der Waals surface area contributed by atoms with Crippen LogP contribution in [0.5, 0.6) is 5.75 Å². The van der Waals surface area contributed by atoms with E-state index in [1.165, 1.54) is 5.56 Å². The Morgan fingerprint density at radius 1 is 1.24 bits per heavy atom. The van der Waals surface area contributed by atoms with Crippen molar-refractivity contribution in [3.8, 4) is 5.75 Å². The van der Waals surface area contributed by atoms with Crippen LogP contribution in [0.2, 0.25) is 0 Å². The summed E-state index contributed by atoms with van der Waals surface area (Å²) in [7, 11) is 0. The number of aryl methyl sites for hydroxylation is 1. The molecule has 0 saturated carbocycles. The maximum absolute atomic E-state index is 5.78. The number of anilines is 1. The molecule has 2 heterocycles. The zero-order valence-corrected chi connectivity index (χ0v) is 12.9. The quantitative estimate of drug-likeness (QED) is 0.773. The fourth-order valence-electron chi connectivity index (χ4n) is 2.12. The van der Waals surface area contributed by atoms with Gasteiger partial charge in [0.1, 0.15) is 23.0 Å². The minimum atomic E-state index is 0.371. The Hall–Kier alpha value is -2.14. The summed E-state index contributed by atoms with van der Waals surface area (Å²) in [6.45, 7) is 5.31. The van der Waals surface area contributed by atoms with Gasteiger partial charge in [0, 0.05) is 6.54 Å². The molecule has 4 nitrogen and oxygen atoms in total. The van der Waals surface area contributed by atoms with E-state index in [1.54, 1.807) is 11.3 Å². The predicted molar refractivity (Wildman–Crippen MR) is 87.1 cm³/mol. The third kappa shape index (κ3) is 3.13. The van der Waals surface area contributed by atoms with Crippen molar-refractivity contribution >= 4 is 27.4 Å². The van der Waals surface area contributed by atoms with E-state index in [9.17, 15) is 0 Å². The molecule has 1 aromatic carbocycles. The molecule has 0 saturated heterocycles. The summed E-state index contributed by atoms with van der Waals surface area (Å²) in [6, 6.07) is 10.0. The topological polar surface area (TPSA) is 47.0 Å². The number of aromatic nitrogens is 2. The number of fused-ring (bicyclic) bond motifs is 1. The largest absolute Gasteiger partial charge is 0.486 e. The molecule has 21 heavy (non-hydrogen) atoms. The lowest BCUT2D eigenvalue weighted by molar-refractivity contribution is 0.296. The summed E-state index contributed by atoms with van der Waals surface area (Å²) < 4.78 is 5.78. The van der Waals surface area contributed by atoms with Gasteiger partial charge in [-0.05, 0) is 43.0 Å². The van der Waals surface area contributed by atoms with Crippen LogP contribution in [-0.4, -0.2) is 16.5 Å². The summed E-state index contributed by atoms with van der Waals surface area (Å²) in [5.41, 5.74) is 1.18. The fraction of sp³-hybridized carbons (Fsp3) is 0.250. The Balaban J connectivity index is 1.83. The number of thiophene rings is 1. The molecule has 0 radical (unpaired) electrons. The molecule has 108 valence electrons. The van der Waals surface area contributed by atoms with Crippen molar-refractivity contribution in [2.45, 2.75) is 20.5 Å². The molecule has 0 amide bonds. The lowest BCUT2D eigenvalue weighted by Crippen LogP contribution is -2.06. The van der Waals surface area contributed by atoms with E-state index in [0.29, 0.717) is 12.4 Å². The molecule has 1 N–H and O–H groups in total. The minimum Gasteiger partial charge on any atom is -0.486 e. The highest BCUT2D eigenvalue weighted by molar-refractivity contribution is 7.16. The van der Waals surface area contributed by atoms with Crippen molar-refractivity contribution < 1.29 is 4.74 Å². The van der Waals surface area contributed by atoms with Crippen LogP contribution in [0.4, 0.5) is 5.82 Å². The Morgan fingerprint density at radius 3 is 2.95 bits per heavy atom. The molecule has 0 atom stereocenters. The molecule has 2 aromatic heterocycles. The second kappa shape index (κ2) is 6.10. The summed E-state index contributed by atoms with van der Waals surface area (Å²) in [6.07, 6.45) is 0. The molecule has 3 aromatic rings. The van der Waals surface area contributed by atoms with E-state index in [0.717, 1.165) is 28.3 Å². The fourth-order valence-corrected chi connectivity index (χ4v) is 2.90. The Labute approximate surface area is 127 Å². The minimum absolute atomic E-state index is 0.371. The van der Waals surface area contributed by atoms with Gasteiger partial charge in [-0.3, -0.25) is 0 Å². The smallest absolute Gasteiger partial charge is 0.169 e. The first-order chi connectivity index (χ1) is 10.3. The maximum atomic E-state index is 5.78. The van der Waals surface area contributed by atoms with Crippen LogP contribution in [0.25, 0.3) is 10.2 Å². The molecule has 0 bridgehead atoms. The molecular formula is C16H17N3OS. The molecule has 0 aliphatic heterocycles. The van der Waals surface area contributed by atoms with E-state index < -0.39 is 0 Å². The number of rotatable bonds is 5. The Morgan fingerprint density at radius 2 is 2.14 bits per heavy atom. The summed E-state index contributed by atoms with van der Waals surface area (Å²) in [5.74, 6) is 2.42. The number of hydrogen-bond donors (Lipinski definition) is 1. The molecule has 0 spiro atoms. The van der Waals surface area contributed by atoms with Gasteiger partial charge in [0.05, 0.1) is 5.39 Å². The first-order valence-corrected chi connectivity index (χ1v) is 7.81. The molecule has 0 fully saturated rings. The lowest BCUT2D eigenvalue weighted by Gasteiger charge is -2.09. The van der Waals surface area contributed by atoms with Crippen LogP contribution in [-0.2, 0) is 6.61 Å². The van der Waals surface area contributed by atoms with Crippen LogP contribution in [0.1, 0.15) is 18.3 Å². The standard InChI is InChI=1S/C16H17N3OS/c1-3-17-15-13-7-8-21-16(13)19-14(18-15)10-20-12-6-4-5-11(2)9-12/h4-9H,3,10H2,1-2H3,(H,17,18,19).